The van der Waals surface area contributed by atoms with Crippen LogP contribution >= 0.6 is 0 Å². The molecule has 2 heterocycles. The van der Waals surface area contributed by atoms with Gasteiger partial charge in [-0.05, 0) is 24.8 Å². The van der Waals surface area contributed by atoms with Gasteiger partial charge in [0.15, 0.2) is 0 Å². The third-order valence-electron chi connectivity index (χ3n) is 4.69. The van der Waals surface area contributed by atoms with Gasteiger partial charge in [-0.25, -0.2) is 0 Å². The number of likely N-dealkylation sites (tertiary alicyclic amines) is 1. The zero-order chi connectivity index (χ0) is 15.4. The van der Waals surface area contributed by atoms with E-state index in [0.29, 0.717) is 26.2 Å². The minimum atomic E-state index is -0.0137. The molecule has 2 fully saturated rings. The van der Waals surface area contributed by atoms with Gasteiger partial charge in [-0.15, -0.1) is 0 Å². The summed E-state index contributed by atoms with van der Waals surface area (Å²) in [4.78, 5) is 26.8. The second kappa shape index (κ2) is 7.05. The van der Waals surface area contributed by atoms with Crippen LogP contribution in [0.4, 0.5) is 0 Å². The maximum absolute atomic E-state index is 12.5. The Hall–Kier alpha value is -1.68. The van der Waals surface area contributed by atoms with Crippen molar-refractivity contribution in [3.63, 3.8) is 0 Å². The monoisotopic (exact) mass is 301 g/mol. The molecule has 3 rings (SSSR count). The van der Waals surface area contributed by atoms with Crippen LogP contribution in [0.15, 0.2) is 30.3 Å². The zero-order valence-corrected chi connectivity index (χ0v) is 12.9. The van der Waals surface area contributed by atoms with Gasteiger partial charge in [0.05, 0.1) is 12.5 Å². The third kappa shape index (κ3) is 3.55. The van der Waals surface area contributed by atoms with E-state index in [1.165, 1.54) is 0 Å². The molecule has 22 heavy (non-hydrogen) atoms. The summed E-state index contributed by atoms with van der Waals surface area (Å²) in [7, 11) is 0. The Morgan fingerprint density at radius 1 is 1.14 bits per heavy atom. The molecule has 0 unspecified atom stereocenters. The number of nitrogens with zero attached hydrogens (tertiary/aromatic N) is 1. The van der Waals surface area contributed by atoms with E-state index in [9.17, 15) is 9.59 Å². The van der Waals surface area contributed by atoms with Crippen molar-refractivity contribution in [2.24, 2.45) is 11.8 Å². The summed E-state index contributed by atoms with van der Waals surface area (Å²) >= 11 is 0. The predicted octanol–water partition coefficient (Wildman–Crippen LogP) is 2.07. The van der Waals surface area contributed by atoms with Crippen molar-refractivity contribution in [2.45, 2.75) is 25.7 Å². The zero-order valence-electron chi connectivity index (χ0n) is 12.9. The fourth-order valence-corrected chi connectivity index (χ4v) is 3.37. The molecule has 1 aromatic rings. The van der Waals surface area contributed by atoms with Gasteiger partial charge in [0.1, 0.15) is 5.78 Å². The quantitative estimate of drug-likeness (QED) is 0.855. The predicted molar refractivity (Wildman–Crippen MR) is 83.4 cm³/mol. The summed E-state index contributed by atoms with van der Waals surface area (Å²) < 4.78 is 5.31. The molecule has 0 saturated carbocycles. The number of benzene rings is 1. The smallest absolute Gasteiger partial charge is 0.228 e. The van der Waals surface area contributed by atoms with Crippen LogP contribution in [0.5, 0.6) is 0 Å². The van der Waals surface area contributed by atoms with E-state index >= 15 is 0 Å². The number of Topliss-reactive ketones (excluding diaryl/α,β-unsaturated/α-hetero) is 1. The Labute approximate surface area is 131 Å². The molecule has 2 aliphatic heterocycles. The molecule has 1 amide bonds. The van der Waals surface area contributed by atoms with Crippen molar-refractivity contribution in [1.82, 2.24) is 4.90 Å². The topological polar surface area (TPSA) is 46.6 Å². The number of carbonyl (C=O) groups excluding carboxylic acids is 2. The van der Waals surface area contributed by atoms with E-state index in [4.69, 9.17) is 4.74 Å². The lowest BCUT2D eigenvalue weighted by molar-refractivity contribution is -0.138. The Kier molecular flexibility index (Phi) is 4.88. The number of ketones is 1. The van der Waals surface area contributed by atoms with E-state index in [0.717, 1.165) is 31.4 Å². The Morgan fingerprint density at radius 3 is 2.68 bits per heavy atom. The van der Waals surface area contributed by atoms with Gasteiger partial charge in [0.2, 0.25) is 5.91 Å². The number of rotatable bonds is 4. The second-order valence-corrected chi connectivity index (χ2v) is 6.31. The summed E-state index contributed by atoms with van der Waals surface area (Å²) in [5, 5.41) is 0. The molecular formula is C18H23NO3. The first-order valence-electron chi connectivity index (χ1n) is 8.17. The van der Waals surface area contributed by atoms with E-state index in [1.807, 2.05) is 35.2 Å². The van der Waals surface area contributed by atoms with Crippen molar-refractivity contribution in [2.75, 3.05) is 26.3 Å². The van der Waals surface area contributed by atoms with Crippen LogP contribution < -0.4 is 0 Å². The molecule has 1 aromatic carbocycles. The Balaban J connectivity index is 1.57. The van der Waals surface area contributed by atoms with Crippen LogP contribution in [-0.4, -0.2) is 42.9 Å². The van der Waals surface area contributed by atoms with Crippen molar-refractivity contribution < 1.29 is 14.3 Å². The SMILES string of the molecule is O=C(Cc1ccccc1)[C@@H]1CCCN(C(=O)[C@H]2CCOC2)C1. The Bertz CT molecular complexity index is 522. The van der Waals surface area contributed by atoms with E-state index in [2.05, 4.69) is 0 Å². The van der Waals surface area contributed by atoms with Crippen LogP contribution in [0.1, 0.15) is 24.8 Å². The van der Waals surface area contributed by atoms with Crippen LogP contribution in [0.3, 0.4) is 0 Å². The lowest BCUT2D eigenvalue weighted by Gasteiger charge is -2.33. The number of piperidine rings is 1. The number of hydrogen-bond donors (Lipinski definition) is 0. The minimum absolute atomic E-state index is 0.00275. The van der Waals surface area contributed by atoms with Gasteiger partial charge in [-0.2, -0.15) is 0 Å². The molecule has 4 heteroatoms. The minimum Gasteiger partial charge on any atom is -0.381 e. The summed E-state index contributed by atoms with van der Waals surface area (Å²) in [6, 6.07) is 9.84. The lowest BCUT2D eigenvalue weighted by atomic mass is 9.89. The van der Waals surface area contributed by atoms with Crippen LogP contribution in [0, 0.1) is 11.8 Å². The molecule has 118 valence electrons. The highest BCUT2D eigenvalue weighted by molar-refractivity contribution is 5.85. The van der Waals surface area contributed by atoms with E-state index in [-0.39, 0.29) is 23.5 Å². The number of amides is 1. The molecule has 0 aliphatic carbocycles. The van der Waals surface area contributed by atoms with Gasteiger partial charge in [-0.1, -0.05) is 30.3 Å². The summed E-state index contributed by atoms with van der Waals surface area (Å²) in [5.41, 5.74) is 1.06. The molecule has 0 N–H and O–H groups in total. The molecule has 0 radical (unpaired) electrons. The summed E-state index contributed by atoms with van der Waals surface area (Å²) in [6.07, 6.45) is 3.11. The molecule has 0 aromatic heterocycles. The maximum atomic E-state index is 12.5. The largest absolute Gasteiger partial charge is 0.381 e. The fraction of sp³-hybridized carbons (Fsp3) is 0.556. The average molecular weight is 301 g/mol. The van der Waals surface area contributed by atoms with Crippen molar-refractivity contribution in [3.8, 4) is 0 Å². The molecular weight excluding hydrogens is 278 g/mol. The summed E-state index contributed by atoms with van der Waals surface area (Å²) in [5.74, 6) is 0.421. The first-order valence-corrected chi connectivity index (χ1v) is 8.17. The number of carbonyl (C=O) groups is 2. The first-order chi connectivity index (χ1) is 10.7. The van der Waals surface area contributed by atoms with E-state index < -0.39 is 0 Å². The molecule has 0 bridgehead atoms. The summed E-state index contributed by atoms with van der Waals surface area (Å²) in [6.45, 7) is 2.59. The molecule has 2 saturated heterocycles. The molecule has 2 atom stereocenters. The second-order valence-electron chi connectivity index (χ2n) is 6.31. The van der Waals surface area contributed by atoms with Crippen LogP contribution in [-0.2, 0) is 20.7 Å². The highest BCUT2D eigenvalue weighted by atomic mass is 16.5. The number of hydrogen-bond acceptors (Lipinski definition) is 3. The fourth-order valence-electron chi connectivity index (χ4n) is 3.37. The van der Waals surface area contributed by atoms with Gasteiger partial charge >= 0.3 is 0 Å². The van der Waals surface area contributed by atoms with Crippen LogP contribution in [0.2, 0.25) is 0 Å². The number of ether oxygens (including phenoxy) is 1. The highest BCUT2D eigenvalue weighted by Crippen LogP contribution is 2.23. The standard InChI is InChI=1S/C18H23NO3/c20-17(11-14-5-2-1-3-6-14)15-7-4-9-19(12-15)18(21)16-8-10-22-13-16/h1-3,5-6,15-16H,4,7-13H2/t15-,16+/m1/s1. The van der Waals surface area contributed by atoms with Gasteiger partial charge in [-0.3, -0.25) is 9.59 Å². The molecule has 0 spiro atoms. The Morgan fingerprint density at radius 2 is 1.95 bits per heavy atom. The normalized spacial score (nSPS) is 25.2. The van der Waals surface area contributed by atoms with Crippen LogP contribution in [0.25, 0.3) is 0 Å². The van der Waals surface area contributed by atoms with E-state index in [1.54, 1.807) is 0 Å². The molecule has 2 aliphatic rings. The van der Waals surface area contributed by atoms with Gasteiger partial charge < -0.3 is 9.64 Å². The maximum Gasteiger partial charge on any atom is 0.228 e. The average Bonchev–Trinajstić information content (AvgIpc) is 3.09. The third-order valence-corrected chi connectivity index (χ3v) is 4.69. The first kappa shape index (κ1) is 15.2. The van der Waals surface area contributed by atoms with Crippen molar-refractivity contribution >= 4 is 11.7 Å². The lowest BCUT2D eigenvalue weighted by Crippen LogP contribution is -2.45. The van der Waals surface area contributed by atoms with Gasteiger partial charge in [0.25, 0.3) is 0 Å². The molecule has 4 nitrogen and oxygen atoms in total. The van der Waals surface area contributed by atoms with Crippen molar-refractivity contribution in [1.29, 1.82) is 0 Å². The highest BCUT2D eigenvalue weighted by Gasteiger charge is 2.33. The van der Waals surface area contributed by atoms with Gasteiger partial charge in [0, 0.05) is 32.0 Å². The van der Waals surface area contributed by atoms with Crippen molar-refractivity contribution in [3.05, 3.63) is 35.9 Å².